The highest BCUT2D eigenvalue weighted by Crippen LogP contribution is 2.22. The van der Waals surface area contributed by atoms with Crippen LogP contribution in [0.5, 0.6) is 0 Å². The van der Waals surface area contributed by atoms with Gasteiger partial charge in [-0.05, 0) is 31.2 Å². The standard InChI is InChI=1S/C14H20ClN3O/c1-3-18(11-7-16-8-11)9-14(19)17-13-6-4-5-12(15)10(13)2/h4-6,11,16H,3,7-9H2,1-2H3,(H,17,19). The fourth-order valence-electron chi connectivity index (χ4n) is 2.15. The molecule has 19 heavy (non-hydrogen) atoms. The van der Waals surface area contributed by atoms with Crippen molar-refractivity contribution in [2.24, 2.45) is 0 Å². The van der Waals surface area contributed by atoms with Crippen LogP contribution >= 0.6 is 11.6 Å². The Morgan fingerprint density at radius 1 is 1.53 bits per heavy atom. The Hall–Kier alpha value is -1.10. The van der Waals surface area contributed by atoms with Gasteiger partial charge in [0.15, 0.2) is 0 Å². The number of benzene rings is 1. The van der Waals surface area contributed by atoms with Gasteiger partial charge in [-0.15, -0.1) is 0 Å². The van der Waals surface area contributed by atoms with E-state index in [4.69, 9.17) is 11.6 Å². The quantitative estimate of drug-likeness (QED) is 0.866. The summed E-state index contributed by atoms with van der Waals surface area (Å²) in [6.07, 6.45) is 0. The Labute approximate surface area is 119 Å². The fraction of sp³-hybridized carbons (Fsp3) is 0.500. The molecule has 1 aliphatic rings. The number of carbonyl (C=O) groups excluding carboxylic acids is 1. The number of rotatable bonds is 5. The van der Waals surface area contributed by atoms with Crippen molar-refractivity contribution in [2.75, 3.05) is 31.5 Å². The van der Waals surface area contributed by atoms with Crippen molar-refractivity contribution in [3.05, 3.63) is 28.8 Å². The fourth-order valence-corrected chi connectivity index (χ4v) is 2.32. The molecule has 1 fully saturated rings. The molecule has 1 heterocycles. The predicted octanol–water partition coefficient (Wildman–Crippen LogP) is 1.88. The molecule has 1 amide bonds. The molecule has 5 heteroatoms. The Morgan fingerprint density at radius 2 is 2.26 bits per heavy atom. The molecule has 2 N–H and O–H groups in total. The van der Waals surface area contributed by atoms with E-state index < -0.39 is 0 Å². The maximum atomic E-state index is 12.1. The van der Waals surface area contributed by atoms with Gasteiger partial charge in [0.2, 0.25) is 5.91 Å². The number of carbonyl (C=O) groups is 1. The van der Waals surface area contributed by atoms with E-state index >= 15 is 0 Å². The van der Waals surface area contributed by atoms with Crippen LogP contribution in [0.25, 0.3) is 0 Å². The van der Waals surface area contributed by atoms with Crippen molar-refractivity contribution in [3.63, 3.8) is 0 Å². The zero-order chi connectivity index (χ0) is 13.8. The first-order chi connectivity index (χ1) is 9.11. The first-order valence-corrected chi connectivity index (χ1v) is 6.99. The molecule has 0 unspecified atom stereocenters. The third-order valence-electron chi connectivity index (χ3n) is 3.57. The van der Waals surface area contributed by atoms with Crippen LogP contribution in [0, 0.1) is 6.92 Å². The van der Waals surface area contributed by atoms with Gasteiger partial charge < -0.3 is 10.6 Å². The summed E-state index contributed by atoms with van der Waals surface area (Å²) in [6.45, 7) is 7.24. The van der Waals surface area contributed by atoms with E-state index in [1.165, 1.54) is 0 Å². The van der Waals surface area contributed by atoms with Crippen molar-refractivity contribution in [2.45, 2.75) is 19.9 Å². The summed E-state index contributed by atoms with van der Waals surface area (Å²) >= 11 is 6.04. The van der Waals surface area contributed by atoms with Crippen LogP contribution in [-0.2, 0) is 4.79 Å². The zero-order valence-corrected chi connectivity index (χ0v) is 12.1. The number of amides is 1. The highest BCUT2D eigenvalue weighted by Gasteiger charge is 2.24. The number of nitrogens with zero attached hydrogens (tertiary/aromatic N) is 1. The molecule has 0 atom stereocenters. The Morgan fingerprint density at radius 3 is 2.84 bits per heavy atom. The molecule has 4 nitrogen and oxygen atoms in total. The molecule has 0 saturated carbocycles. The van der Waals surface area contributed by atoms with Gasteiger partial charge in [0.25, 0.3) is 0 Å². The van der Waals surface area contributed by atoms with Gasteiger partial charge in [0.1, 0.15) is 0 Å². The monoisotopic (exact) mass is 281 g/mol. The van der Waals surface area contributed by atoms with Crippen LogP contribution in [0.1, 0.15) is 12.5 Å². The molecule has 2 rings (SSSR count). The molecule has 1 aliphatic heterocycles. The summed E-state index contributed by atoms with van der Waals surface area (Å²) < 4.78 is 0. The van der Waals surface area contributed by atoms with Crippen molar-refractivity contribution in [1.29, 1.82) is 0 Å². The Balaban J connectivity index is 1.94. The first kappa shape index (κ1) is 14.3. The summed E-state index contributed by atoms with van der Waals surface area (Å²) in [5, 5.41) is 6.83. The summed E-state index contributed by atoms with van der Waals surface area (Å²) in [5.41, 5.74) is 1.70. The van der Waals surface area contributed by atoms with Crippen LogP contribution in [0.3, 0.4) is 0 Å². The maximum absolute atomic E-state index is 12.1. The third-order valence-corrected chi connectivity index (χ3v) is 3.98. The van der Waals surface area contributed by atoms with Crippen molar-refractivity contribution >= 4 is 23.2 Å². The largest absolute Gasteiger partial charge is 0.325 e. The Kier molecular flexibility index (Phi) is 4.80. The molecule has 0 aromatic heterocycles. The second-order valence-corrected chi connectivity index (χ2v) is 5.24. The lowest BCUT2D eigenvalue weighted by Crippen LogP contribution is -2.58. The second-order valence-electron chi connectivity index (χ2n) is 4.84. The predicted molar refractivity (Wildman–Crippen MR) is 78.7 cm³/mol. The van der Waals surface area contributed by atoms with Crippen molar-refractivity contribution < 1.29 is 4.79 Å². The molecule has 1 saturated heterocycles. The third kappa shape index (κ3) is 3.47. The lowest BCUT2D eigenvalue weighted by atomic mass is 10.1. The SMILES string of the molecule is CCN(CC(=O)Nc1cccc(Cl)c1C)C1CNC1. The van der Waals surface area contributed by atoms with Gasteiger partial charge in [-0.25, -0.2) is 0 Å². The smallest absolute Gasteiger partial charge is 0.238 e. The van der Waals surface area contributed by atoms with E-state index in [1.54, 1.807) is 0 Å². The minimum absolute atomic E-state index is 0.0131. The summed E-state index contributed by atoms with van der Waals surface area (Å²) in [6, 6.07) is 6.03. The van der Waals surface area contributed by atoms with Crippen LogP contribution in [0.2, 0.25) is 5.02 Å². The number of hydrogen-bond donors (Lipinski definition) is 2. The molecule has 0 radical (unpaired) electrons. The van der Waals surface area contributed by atoms with Gasteiger partial charge in [-0.3, -0.25) is 9.69 Å². The minimum Gasteiger partial charge on any atom is -0.325 e. The summed E-state index contributed by atoms with van der Waals surface area (Å²) in [7, 11) is 0. The first-order valence-electron chi connectivity index (χ1n) is 6.61. The number of likely N-dealkylation sites (N-methyl/N-ethyl adjacent to an activating group) is 1. The van der Waals surface area contributed by atoms with Crippen molar-refractivity contribution in [1.82, 2.24) is 10.2 Å². The molecular weight excluding hydrogens is 262 g/mol. The molecule has 1 aromatic carbocycles. The average Bonchev–Trinajstić information content (AvgIpc) is 2.32. The maximum Gasteiger partial charge on any atom is 0.238 e. The van der Waals surface area contributed by atoms with Gasteiger partial charge in [-0.2, -0.15) is 0 Å². The van der Waals surface area contributed by atoms with E-state index in [9.17, 15) is 4.79 Å². The number of nitrogens with one attached hydrogen (secondary N) is 2. The van der Waals surface area contributed by atoms with E-state index in [0.717, 1.165) is 30.9 Å². The zero-order valence-electron chi connectivity index (χ0n) is 11.4. The number of halogens is 1. The molecule has 0 spiro atoms. The molecule has 1 aromatic rings. The van der Waals surface area contributed by atoms with E-state index in [2.05, 4.69) is 22.5 Å². The normalized spacial score (nSPS) is 15.4. The topological polar surface area (TPSA) is 44.4 Å². The molecular formula is C14H20ClN3O. The summed E-state index contributed by atoms with van der Waals surface area (Å²) in [5.74, 6) is 0.0131. The van der Waals surface area contributed by atoms with Gasteiger partial charge >= 0.3 is 0 Å². The van der Waals surface area contributed by atoms with Crippen LogP contribution in [0.15, 0.2) is 18.2 Å². The molecule has 0 bridgehead atoms. The van der Waals surface area contributed by atoms with E-state index in [-0.39, 0.29) is 5.91 Å². The highest BCUT2D eigenvalue weighted by atomic mass is 35.5. The van der Waals surface area contributed by atoms with Gasteiger partial charge in [-0.1, -0.05) is 24.6 Å². The van der Waals surface area contributed by atoms with E-state index in [1.807, 2.05) is 25.1 Å². The van der Waals surface area contributed by atoms with Crippen LogP contribution in [0.4, 0.5) is 5.69 Å². The lowest BCUT2D eigenvalue weighted by Gasteiger charge is -2.37. The van der Waals surface area contributed by atoms with E-state index in [0.29, 0.717) is 17.6 Å². The highest BCUT2D eigenvalue weighted by molar-refractivity contribution is 6.31. The number of anilines is 1. The van der Waals surface area contributed by atoms with Crippen LogP contribution < -0.4 is 10.6 Å². The Bertz CT molecular complexity index is 460. The van der Waals surface area contributed by atoms with Crippen molar-refractivity contribution in [3.8, 4) is 0 Å². The molecule has 104 valence electrons. The van der Waals surface area contributed by atoms with Gasteiger partial charge in [0, 0.05) is 29.8 Å². The summed E-state index contributed by atoms with van der Waals surface area (Å²) in [4.78, 5) is 14.3. The molecule has 0 aliphatic carbocycles. The number of hydrogen-bond acceptors (Lipinski definition) is 3. The average molecular weight is 282 g/mol. The van der Waals surface area contributed by atoms with Gasteiger partial charge in [0.05, 0.1) is 6.54 Å². The minimum atomic E-state index is 0.0131. The second kappa shape index (κ2) is 6.37. The van der Waals surface area contributed by atoms with Crippen LogP contribution in [-0.4, -0.2) is 43.0 Å². The lowest BCUT2D eigenvalue weighted by molar-refractivity contribution is -0.118.